The van der Waals surface area contributed by atoms with Crippen molar-refractivity contribution >= 4 is 18.0 Å². The number of carbonyl (C=O) groups is 3. The first kappa shape index (κ1) is 23.8. The van der Waals surface area contributed by atoms with E-state index in [1.807, 2.05) is 31.2 Å². The van der Waals surface area contributed by atoms with E-state index in [0.717, 1.165) is 35.1 Å². The number of amides is 2. The number of alkyl carbamates (subject to hydrolysis) is 1. The number of aliphatic carboxylic acids is 1. The summed E-state index contributed by atoms with van der Waals surface area (Å²) in [6.45, 7) is 2.43. The van der Waals surface area contributed by atoms with Gasteiger partial charge >= 0.3 is 12.1 Å². The number of rotatable bonds is 9. The first-order valence-electron chi connectivity index (χ1n) is 12.1. The third-order valence-corrected chi connectivity index (χ3v) is 7.04. The zero-order valence-electron chi connectivity index (χ0n) is 19.5. The fraction of sp³-hybridized carbons (Fsp3) is 0.444. The van der Waals surface area contributed by atoms with Crippen molar-refractivity contribution in [2.75, 3.05) is 13.2 Å². The van der Waals surface area contributed by atoms with Crippen LogP contribution in [0.25, 0.3) is 11.1 Å². The SMILES string of the molecule is CCCC(NC(=O)OCC1c2ccccc2-c2ccccc21)C(=O)NC[C@@H]1CCC[C@@H]1C(=O)O. The zero-order valence-corrected chi connectivity index (χ0v) is 19.5. The highest BCUT2D eigenvalue weighted by atomic mass is 16.5. The van der Waals surface area contributed by atoms with Gasteiger partial charge in [-0.1, -0.05) is 68.3 Å². The highest BCUT2D eigenvalue weighted by molar-refractivity contribution is 5.85. The number of benzene rings is 2. The van der Waals surface area contributed by atoms with E-state index in [-0.39, 0.29) is 24.3 Å². The first-order chi connectivity index (χ1) is 16.5. The lowest BCUT2D eigenvalue weighted by Gasteiger charge is -2.21. The molecule has 0 radical (unpaired) electrons. The lowest BCUT2D eigenvalue weighted by molar-refractivity contribution is -0.143. The van der Waals surface area contributed by atoms with Crippen LogP contribution in [0.1, 0.15) is 56.1 Å². The van der Waals surface area contributed by atoms with Gasteiger partial charge in [-0.25, -0.2) is 4.79 Å². The van der Waals surface area contributed by atoms with Crippen molar-refractivity contribution in [1.82, 2.24) is 10.6 Å². The van der Waals surface area contributed by atoms with Crippen LogP contribution in [0.3, 0.4) is 0 Å². The van der Waals surface area contributed by atoms with Crippen LogP contribution in [0.5, 0.6) is 0 Å². The van der Waals surface area contributed by atoms with Gasteiger partial charge in [0, 0.05) is 12.5 Å². The van der Waals surface area contributed by atoms with Crippen LogP contribution in [0.2, 0.25) is 0 Å². The summed E-state index contributed by atoms with van der Waals surface area (Å²) in [6, 6.07) is 15.5. The van der Waals surface area contributed by atoms with Gasteiger partial charge in [0.05, 0.1) is 5.92 Å². The molecule has 1 saturated carbocycles. The molecule has 180 valence electrons. The van der Waals surface area contributed by atoms with E-state index < -0.39 is 24.0 Å². The highest BCUT2D eigenvalue weighted by Crippen LogP contribution is 2.44. The van der Waals surface area contributed by atoms with Crippen LogP contribution >= 0.6 is 0 Å². The van der Waals surface area contributed by atoms with Crippen LogP contribution in [0.15, 0.2) is 48.5 Å². The van der Waals surface area contributed by atoms with Crippen molar-refractivity contribution in [3.05, 3.63) is 59.7 Å². The Morgan fingerprint density at radius 2 is 1.68 bits per heavy atom. The van der Waals surface area contributed by atoms with E-state index >= 15 is 0 Å². The van der Waals surface area contributed by atoms with E-state index in [1.54, 1.807) is 0 Å². The maximum atomic E-state index is 12.8. The predicted octanol–water partition coefficient (Wildman–Crippen LogP) is 4.31. The van der Waals surface area contributed by atoms with Crippen molar-refractivity contribution in [1.29, 1.82) is 0 Å². The lowest BCUT2D eigenvalue weighted by atomic mass is 9.96. The summed E-state index contributed by atoms with van der Waals surface area (Å²) < 4.78 is 5.59. The molecule has 1 unspecified atom stereocenters. The van der Waals surface area contributed by atoms with E-state index in [9.17, 15) is 19.5 Å². The Morgan fingerprint density at radius 3 is 2.29 bits per heavy atom. The molecule has 0 bridgehead atoms. The molecule has 1 fully saturated rings. The Morgan fingerprint density at radius 1 is 1.03 bits per heavy atom. The number of hydrogen-bond acceptors (Lipinski definition) is 4. The molecule has 0 aliphatic heterocycles. The van der Waals surface area contributed by atoms with Crippen molar-refractivity contribution in [3.8, 4) is 11.1 Å². The molecule has 0 heterocycles. The van der Waals surface area contributed by atoms with Gasteiger partial charge in [0.25, 0.3) is 0 Å². The molecule has 34 heavy (non-hydrogen) atoms. The minimum atomic E-state index is -0.807. The normalized spacial score (nSPS) is 19.7. The number of carbonyl (C=O) groups excluding carboxylic acids is 2. The third kappa shape index (κ3) is 5.08. The molecule has 2 amide bonds. The summed E-state index contributed by atoms with van der Waals surface area (Å²) in [5, 5.41) is 14.9. The molecule has 7 heteroatoms. The molecule has 2 aliphatic rings. The molecule has 0 aromatic heterocycles. The number of ether oxygens (including phenoxy) is 1. The average molecular weight is 465 g/mol. The Labute approximate surface area is 199 Å². The van der Waals surface area contributed by atoms with Crippen molar-refractivity contribution < 1.29 is 24.2 Å². The zero-order chi connectivity index (χ0) is 24.1. The van der Waals surface area contributed by atoms with E-state index in [0.29, 0.717) is 25.8 Å². The number of hydrogen-bond donors (Lipinski definition) is 3. The summed E-state index contributed by atoms with van der Waals surface area (Å²) in [7, 11) is 0. The van der Waals surface area contributed by atoms with Gasteiger partial charge in [-0.3, -0.25) is 9.59 Å². The van der Waals surface area contributed by atoms with Crippen LogP contribution in [0.4, 0.5) is 4.79 Å². The summed E-state index contributed by atoms with van der Waals surface area (Å²) in [4.78, 5) is 36.8. The molecule has 0 saturated heterocycles. The van der Waals surface area contributed by atoms with Gasteiger partial charge in [-0.15, -0.1) is 0 Å². The molecular formula is C27H32N2O5. The van der Waals surface area contributed by atoms with Gasteiger partial charge < -0.3 is 20.5 Å². The quantitative estimate of drug-likeness (QED) is 0.513. The van der Waals surface area contributed by atoms with Gasteiger partial charge in [0.1, 0.15) is 12.6 Å². The van der Waals surface area contributed by atoms with Crippen molar-refractivity contribution in [3.63, 3.8) is 0 Å². The standard InChI is InChI=1S/C27H32N2O5/c1-2-8-24(25(30)28-15-17-9-7-14-18(17)26(31)32)29-27(33)34-16-23-21-12-5-3-10-19(21)20-11-4-6-13-22(20)23/h3-6,10-13,17-18,23-24H,2,7-9,14-16H2,1H3,(H,28,30)(H,29,33)(H,31,32)/t17-,18-,24?/m0/s1. The molecule has 2 aliphatic carbocycles. The van der Waals surface area contributed by atoms with Crippen molar-refractivity contribution in [2.24, 2.45) is 11.8 Å². The Balaban J connectivity index is 1.33. The fourth-order valence-electron chi connectivity index (χ4n) is 5.30. The first-order valence-corrected chi connectivity index (χ1v) is 12.1. The molecule has 2 aromatic carbocycles. The van der Waals surface area contributed by atoms with Crippen LogP contribution < -0.4 is 10.6 Å². The summed E-state index contributed by atoms with van der Waals surface area (Å²) in [5.74, 6) is -1.64. The number of carboxylic acids is 1. The van der Waals surface area contributed by atoms with Crippen LogP contribution in [-0.4, -0.2) is 42.3 Å². The summed E-state index contributed by atoms with van der Waals surface area (Å²) in [5.41, 5.74) is 4.57. The Hall–Kier alpha value is -3.35. The smallest absolute Gasteiger partial charge is 0.407 e. The lowest BCUT2D eigenvalue weighted by Crippen LogP contribution is -2.48. The summed E-state index contributed by atoms with van der Waals surface area (Å²) in [6.07, 6.45) is 2.85. The molecule has 4 rings (SSSR count). The Kier molecular flexibility index (Phi) is 7.50. The number of nitrogens with one attached hydrogen (secondary N) is 2. The largest absolute Gasteiger partial charge is 0.481 e. The fourth-order valence-corrected chi connectivity index (χ4v) is 5.30. The van der Waals surface area contributed by atoms with Gasteiger partial charge in [0.2, 0.25) is 5.91 Å². The Bertz CT molecular complexity index is 1010. The molecule has 0 spiro atoms. The molecule has 3 atom stereocenters. The van der Waals surface area contributed by atoms with Gasteiger partial charge in [-0.05, 0) is 47.4 Å². The topological polar surface area (TPSA) is 105 Å². The number of fused-ring (bicyclic) bond motifs is 3. The molecular weight excluding hydrogens is 432 g/mol. The monoisotopic (exact) mass is 464 g/mol. The minimum Gasteiger partial charge on any atom is -0.481 e. The van der Waals surface area contributed by atoms with E-state index in [2.05, 4.69) is 34.9 Å². The maximum absolute atomic E-state index is 12.8. The van der Waals surface area contributed by atoms with Crippen LogP contribution in [-0.2, 0) is 14.3 Å². The number of carboxylic acid groups (broad SMARTS) is 1. The van der Waals surface area contributed by atoms with Crippen molar-refractivity contribution in [2.45, 2.75) is 51.0 Å². The highest BCUT2D eigenvalue weighted by Gasteiger charge is 2.34. The second-order valence-corrected chi connectivity index (χ2v) is 9.19. The second-order valence-electron chi connectivity index (χ2n) is 9.19. The van der Waals surface area contributed by atoms with Gasteiger partial charge in [0.15, 0.2) is 0 Å². The average Bonchev–Trinajstić information content (AvgIpc) is 3.44. The van der Waals surface area contributed by atoms with E-state index in [1.165, 1.54) is 0 Å². The third-order valence-electron chi connectivity index (χ3n) is 7.04. The predicted molar refractivity (Wildman–Crippen MR) is 128 cm³/mol. The van der Waals surface area contributed by atoms with E-state index in [4.69, 9.17) is 4.74 Å². The van der Waals surface area contributed by atoms with Gasteiger partial charge in [-0.2, -0.15) is 0 Å². The summed E-state index contributed by atoms with van der Waals surface area (Å²) >= 11 is 0. The van der Waals surface area contributed by atoms with Crippen LogP contribution in [0, 0.1) is 11.8 Å². The molecule has 3 N–H and O–H groups in total. The second kappa shape index (κ2) is 10.7. The molecule has 7 nitrogen and oxygen atoms in total. The maximum Gasteiger partial charge on any atom is 0.407 e. The molecule has 2 aromatic rings. The minimum absolute atomic E-state index is 0.0491.